The van der Waals surface area contributed by atoms with E-state index in [4.69, 9.17) is 4.74 Å². The van der Waals surface area contributed by atoms with Gasteiger partial charge in [0.15, 0.2) is 0 Å². The lowest BCUT2D eigenvalue weighted by Crippen LogP contribution is -2.14. The van der Waals surface area contributed by atoms with Crippen molar-refractivity contribution >= 4 is 11.4 Å². The van der Waals surface area contributed by atoms with Crippen LogP contribution in [0.5, 0.6) is 0 Å². The third kappa shape index (κ3) is 5.88. The summed E-state index contributed by atoms with van der Waals surface area (Å²) in [4.78, 5) is 0. The Kier molecular flexibility index (Phi) is 6.10. The van der Waals surface area contributed by atoms with Crippen molar-refractivity contribution in [3.05, 3.63) is 59.7 Å². The fourth-order valence-corrected chi connectivity index (χ4v) is 1.98. The zero-order valence-electron chi connectivity index (χ0n) is 12.9. The Bertz CT molecular complexity index is 470. The van der Waals surface area contributed by atoms with Crippen molar-refractivity contribution in [3.8, 4) is 0 Å². The van der Waals surface area contributed by atoms with Crippen molar-refractivity contribution in [1.29, 1.82) is 0 Å². The van der Waals surface area contributed by atoms with Gasteiger partial charge in [0, 0.05) is 24.5 Å². The summed E-state index contributed by atoms with van der Waals surface area (Å²) in [5.74, 6) is 0. The molecule has 2 rings (SSSR count). The number of hydrogen-bond acceptors (Lipinski definition) is 3. The number of aryl methyl sites for hydroxylation is 2. The zero-order chi connectivity index (χ0) is 14.9. The molecule has 0 radical (unpaired) electrons. The first kappa shape index (κ1) is 15.4. The van der Waals surface area contributed by atoms with Crippen LogP contribution in [-0.4, -0.2) is 26.3 Å². The molecule has 2 aromatic rings. The van der Waals surface area contributed by atoms with E-state index < -0.39 is 0 Å². The van der Waals surface area contributed by atoms with Crippen molar-refractivity contribution in [3.63, 3.8) is 0 Å². The summed E-state index contributed by atoms with van der Waals surface area (Å²) in [6, 6.07) is 16.8. The van der Waals surface area contributed by atoms with E-state index in [1.54, 1.807) is 0 Å². The molecule has 0 fully saturated rings. The lowest BCUT2D eigenvalue weighted by Gasteiger charge is -2.09. The van der Waals surface area contributed by atoms with Crippen molar-refractivity contribution in [2.75, 3.05) is 36.9 Å². The smallest absolute Gasteiger partial charge is 0.0639 e. The van der Waals surface area contributed by atoms with Crippen LogP contribution in [-0.2, 0) is 4.74 Å². The standard InChI is InChI=1S/C18H24N2O/c1-15-3-7-17(8-4-15)19-11-13-21-14-12-20-18-9-5-16(2)6-10-18/h3-10,19-20H,11-14H2,1-2H3. The molecule has 0 heterocycles. The van der Waals surface area contributed by atoms with Crippen LogP contribution in [0.2, 0.25) is 0 Å². The van der Waals surface area contributed by atoms with E-state index in [1.165, 1.54) is 11.1 Å². The van der Waals surface area contributed by atoms with Gasteiger partial charge in [-0.05, 0) is 38.1 Å². The first-order chi connectivity index (χ1) is 10.2. The Balaban J connectivity index is 1.52. The van der Waals surface area contributed by atoms with Crippen molar-refractivity contribution < 1.29 is 4.74 Å². The average Bonchev–Trinajstić information content (AvgIpc) is 2.50. The van der Waals surface area contributed by atoms with E-state index in [9.17, 15) is 0 Å². The molecule has 0 amide bonds. The molecular formula is C18H24N2O. The summed E-state index contributed by atoms with van der Waals surface area (Å²) >= 11 is 0. The molecule has 0 atom stereocenters. The quantitative estimate of drug-likeness (QED) is 0.723. The van der Waals surface area contributed by atoms with Gasteiger partial charge >= 0.3 is 0 Å². The molecule has 2 N–H and O–H groups in total. The highest BCUT2D eigenvalue weighted by molar-refractivity contribution is 5.44. The van der Waals surface area contributed by atoms with Gasteiger partial charge in [-0.2, -0.15) is 0 Å². The maximum Gasteiger partial charge on any atom is 0.0639 e. The van der Waals surface area contributed by atoms with Crippen LogP contribution >= 0.6 is 0 Å². The predicted octanol–water partition coefficient (Wildman–Crippen LogP) is 3.84. The number of hydrogen-bond donors (Lipinski definition) is 2. The van der Waals surface area contributed by atoms with Crippen LogP contribution in [0.3, 0.4) is 0 Å². The van der Waals surface area contributed by atoms with Crippen LogP contribution in [0, 0.1) is 13.8 Å². The van der Waals surface area contributed by atoms with Gasteiger partial charge in [-0.1, -0.05) is 35.4 Å². The van der Waals surface area contributed by atoms with Crippen LogP contribution in [0.4, 0.5) is 11.4 Å². The largest absolute Gasteiger partial charge is 0.383 e. The molecule has 21 heavy (non-hydrogen) atoms. The number of benzene rings is 2. The molecule has 0 bridgehead atoms. The highest BCUT2D eigenvalue weighted by atomic mass is 16.5. The van der Waals surface area contributed by atoms with Crippen LogP contribution in [0.25, 0.3) is 0 Å². The third-order valence-electron chi connectivity index (χ3n) is 3.25. The van der Waals surface area contributed by atoms with Gasteiger partial charge in [-0.3, -0.25) is 0 Å². The number of nitrogens with one attached hydrogen (secondary N) is 2. The van der Waals surface area contributed by atoms with Crippen molar-refractivity contribution in [2.24, 2.45) is 0 Å². The molecular weight excluding hydrogens is 260 g/mol. The average molecular weight is 284 g/mol. The fourth-order valence-electron chi connectivity index (χ4n) is 1.98. The monoisotopic (exact) mass is 284 g/mol. The predicted molar refractivity (Wildman–Crippen MR) is 90.2 cm³/mol. The highest BCUT2D eigenvalue weighted by Gasteiger charge is 1.93. The Morgan fingerprint density at radius 1 is 0.667 bits per heavy atom. The molecule has 0 saturated heterocycles. The second-order valence-electron chi connectivity index (χ2n) is 5.20. The van der Waals surface area contributed by atoms with Crippen molar-refractivity contribution in [2.45, 2.75) is 13.8 Å². The zero-order valence-corrected chi connectivity index (χ0v) is 12.9. The van der Waals surface area contributed by atoms with Gasteiger partial charge in [0.05, 0.1) is 13.2 Å². The molecule has 0 saturated carbocycles. The SMILES string of the molecule is Cc1ccc(NCCOCCNc2ccc(C)cc2)cc1. The number of anilines is 2. The second-order valence-corrected chi connectivity index (χ2v) is 5.20. The summed E-state index contributed by atoms with van der Waals surface area (Å²) < 4.78 is 5.60. The Morgan fingerprint density at radius 3 is 1.43 bits per heavy atom. The minimum atomic E-state index is 0.712. The van der Waals surface area contributed by atoms with E-state index >= 15 is 0 Å². The summed E-state index contributed by atoms with van der Waals surface area (Å²) in [7, 11) is 0. The van der Waals surface area contributed by atoms with Gasteiger partial charge in [-0.25, -0.2) is 0 Å². The summed E-state index contributed by atoms with van der Waals surface area (Å²) in [6.45, 7) is 7.26. The molecule has 3 nitrogen and oxygen atoms in total. The van der Waals surface area contributed by atoms with Crippen molar-refractivity contribution in [1.82, 2.24) is 0 Å². The van der Waals surface area contributed by atoms with Crippen LogP contribution in [0.15, 0.2) is 48.5 Å². The minimum Gasteiger partial charge on any atom is -0.383 e. The molecule has 0 aromatic heterocycles. The fraction of sp³-hybridized carbons (Fsp3) is 0.333. The Morgan fingerprint density at radius 2 is 1.05 bits per heavy atom. The maximum absolute atomic E-state index is 5.60. The number of ether oxygens (including phenoxy) is 1. The number of rotatable bonds is 8. The van der Waals surface area contributed by atoms with E-state index in [2.05, 4.69) is 73.0 Å². The lowest BCUT2D eigenvalue weighted by molar-refractivity contribution is 0.154. The first-order valence-electron chi connectivity index (χ1n) is 7.43. The van der Waals surface area contributed by atoms with Gasteiger partial charge < -0.3 is 15.4 Å². The van der Waals surface area contributed by atoms with E-state index in [0.29, 0.717) is 13.2 Å². The highest BCUT2D eigenvalue weighted by Crippen LogP contribution is 2.08. The molecule has 0 spiro atoms. The van der Waals surface area contributed by atoms with Crippen LogP contribution < -0.4 is 10.6 Å². The van der Waals surface area contributed by atoms with E-state index in [-0.39, 0.29) is 0 Å². The van der Waals surface area contributed by atoms with Crippen LogP contribution in [0.1, 0.15) is 11.1 Å². The second kappa shape index (κ2) is 8.32. The van der Waals surface area contributed by atoms with E-state index in [0.717, 1.165) is 24.5 Å². The summed E-state index contributed by atoms with van der Waals surface area (Å²) in [5.41, 5.74) is 4.84. The molecule has 0 aliphatic carbocycles. The minimum absolute atomic E-state index is 0.712. The molecule has 0 unspecified atom stereocenters. The Labute approximate surface area is 127 Å². The maximum atomic E-state index is 5.60. The lowest BCUT2D eigenvalue weighted by atomic mass is 10.2. The molecule has 0 aliphatic heterocycles. The van der Waals surface area contributed by atoms with Gasteiger partial charge in [0.2, 0.25) is 0 Å². The van der Waals surface area contributed by atoms with Gasteiger partial charge in [-0.15, -0.1) is 0 Å². The topological polar surface area (TPSA) is 33.3 Å². The normalized spacial score (nSPS) is 10.4. The summed E-state index contributed by atoms with van der Waals surface area (Å²) in [5, 5.41) is 6.68. The van der Waals surface area contributed by atoms with E-state index in [1.807, 2.05) is 0 Å². The molecule has 3 heteroatoms. The molecule has 2 aromatic carbocycles. The third-order valence-corrected chi connectivity index (χ3v) is 3.25. The van der Waals surface area contributed by atoms with Gasteiger partial charge in [0.1, 0.15) is 0 Å². The van der Waals surface area contributed by atoms with Gasteiger partial charge in [0.25, 0.3) is 0 Å². The summed E-state index contributed by atoms with van der Waals surface area (Å²) in [6.07, 6.45) is 0. The Hall–Kier alpha value is -2.00. The molecule has 112 valence electrons. The first-order valence-corrected chi connectivity index (χ1v) is 7.43. The molecule has 0 aliphatic rings.